The van der Waals surface area contributed by atoms with E-state index >= 15 is 0 Å². The first-order chi connectivity index (χ1) is 0. The first kappa shape index (κ1) is 3130. The SMILES string of the molecule is O.O.O.O.O.O.O.[Re]. The summed E-state index contributed by atoms with van der Waals surface area (Å²) in [7, 11) is 0. The molecule has 0 saturated carbocycles. The molecular formula is H14O7Re. The maximum atomic E-state index is 0. The van der Waals surface area contributed by atoms with Crippen LogP contribution in [0.4, 0.5) is 0 Å². The Bertz CT molecular complexity index is 4.35. The molecule has 14 N–H and O–H groups in total. The van der Waals surface area contributed by atoms with E-state index in [-0.39, 0.29) is 58.8 Å². The topological polar surface area (TPSA) is 220 Å². The van der Waals surface area contributed by atoms with Gasteiger partial charge in [0.1, 0.15) is 0 Å². The molecule has 0 heterocycles. The zero-order chi connectivity index (χ0) is 0. The number of hydrogen-bond donors (Lipinski definition) is 0. The summed E-state index contributed by atoms with van der Waals surface area (Å²) in [5, 5.41) is 0. The second-order valence-electron chi connectivity index (χ2n) is 0. The molecule has 0 rings (SSSR count). The molecule has 0 bridgehead atoms. The van der Waals surface area contributed by atoms with Gasteiger partial charge in [0.15, 0.2) is 0 Å². The van der Waals surface area contributed by atoms with Crippen LogP contribution in [0, 0.1) is 0 Å². The van der Waals surface area contributed by atoms with Gasteiger partial charge in [0.05, 0.1) is 0 Å². The molecule has 0 fully saturated rings. The Balaban J connectivity index is 0. The van der Waals surface area contributed by atoms with Gasteiger partial charge in [-0.25, -0.2) is 0 Å². The van der Waals surface area contributed by atoms with Crippen LogP contribution >= 0.6 is 0 Å². The zero-order valence-electron chi connectivity index (χ0n) is 3.88. The smallest absolute Gasteiger partial charge is 0 e. The van der Waals surface area contributed by atoms with Gasteiger partial charge in [0.25, 0.3) is 0 Å². The van der Waals surface area contributed by atoms with Gasteiger partial charge in [-0.3, -0.25) is 0 Å². The van der Waals surface area contributed by atoms with Gasteiger partial charge in [-0.05, 0) is 0 Å². The summed E-state index contributed by atoms with van der Waals surface area (Å²) in [5.74, 6) is 0. The van der Waals surface area contributed by atoms with Crippen molar-refractivity contribution in [2.24, 2.45) is 0 Å². The van der Waals surface area contributed by atoms with Gasteiger partial charge >= 0.3 is 0 Å². The third-order valence-electron chi connectivity index (χ3n) is 0. The fraction of sp³-hybridized carbons (Fsp3) is 0. The van der Waals surface area contributed by atoms with Crippen LogP contribution in [-0.4, -0.2) is 38.3 Å². The van der Waals surface area contributed by atoms with Crippen molar-refractivity contribution in [3.63, 3.8) is 0 Å². The van der Waals surface area contributed by atoms with E-state index < -0.39 is 0 Å². The summed E-state index contributed by atoms with van der Waals surface area (Å²) in [6, 6.07) is 0. The van der Waals surface area contributed by atoms with Crippen molar-refractivity contribution in [2.75, 3.05) is 0 Å². The number of rotatable bonds is 0. The van der Waals surface area contributed by atoms with E-state index in [0.29, 0.717) is 0 Å². The van der Waals surface area contributed by atoms with E-state index in [1.54, 1.807) is 0 Å². The second-order valence-corrected chi connectivity index (χ2v) is 0. The Labute approximate surface area is 59.5 Å². The molecule has 0 aromatic rings. The minimum absolute atomic E-state index is 0. The van der Waals surface area contributed by atoms with Gasteiger partial charge in [-0.15, -0.1) is 0 Å². The summed E-state index contributed by atoms with van der Waals surface area (Å²) >= 11 is 0. The third-order valence-corrected chi connectivity index (χ3v) is 0. The second kappa shape index (κ2) is 2060. The predicted molar refractivity (Wildman–Crippen MR) is 25.3 cm³/mol. The fourth-order valence-corrected chi connectivity index (χ4v) is 0. The van der Waals surface area contributed by atoms with E-state index in [9.17, 15) is 0 Å². The van der Waals surface area contributed by atoms with Crippen molar-refractivity contribution in [1.82, 2.24) is 0 Å². The molecule has 0 aliphatic rings. The Morgan fingerprint density at radius 3 is 0.250 bits per heavy atom. The van der Waals surface area contributed by atoms with Gasteiger partial charge in [-0.1, -0.05) is 0 Å². The average molecular weight is 312 g/mol. The molecule has 8 heavy (non-hydrogen) atoms. The minimum atomic E-state index is 0. The quantitative estimate of drug-likeness (QED) is 0.407. The predicted octanol–water partition coefficient (Wildman–Crippen LogP) is -5.78. The molecule has 0 amide bonds. The average Bonchev–Trinajstić information content (AvgIpc) is 0. The van der Waals surface area contributed by atoms with Crippen LogP contribution in [0.5, 0.6) is 0 Å². The minimum Gasteiger partial charge on any atom is -0.412 e. The molecule has 0 aliphatic carbocycles. The summed E-state index contributed by atoms with van der Waals surface area (Å²) < 4.78 is 0. The normalized spacial score (nSPS) is 0. The monoisotopic (exact) mass is 313 g/mol. The molecular weight excluding hydrogens is 298 g/mol. The van der Waals surface area contributed by atoms with Crippen molar-refractivity contribution in [1.29, 1.82) is 0 Å². The van der Waals surface area contributed by atoms with Crippen LogP contribution in [0.15, 0.2) is 0 Å². The molecule has 1 radical (unpaired) electrons. The van der Waals surface area contributed by atoms with Gasteiger partial charge in [0.2, 0.25) is 0 Å². The fourth-order valence-electron chi connectivity index (χ4n) is 0. The van der Waals surface area contributed by atoms with Gasteiger partial charge in [-0.2, -0.15) is 0 Å². The van der Waals surface area contributed by atoms with Crippen LogP contribution in [0.2, 0.25) is 0 Å². The Morgan fingerprint density at radius 2 is 0.250 bits per heavy atom. The van der Waals surface area contributed by atoms with Crippen molar-refractivity contribution < 1.29 is 58.8 Å². The third kappa shape index (κ3) is 1260. The molecule has 0 aliphatic heterocycles. The molecule has 0 aromatic heterocycles. The Morgan fingerprint density at radius 1 is 0.250 bits per heavy atom. The first-order valence-electron chi connectivity index (χ1n) is 0. The van der Waals surface area contributed by atoms with E-state index in [0.717, 1.165) is 0 Å². The van der Waals surface area contributed by atoms with Crippen LogP contribution in [0.3, 0.4) is 0 Å². The standard InChI is InChI=1S/7H2O.Re/h7*1H2;. The molecule has 8 heteroatoms. The molecule has 0 atom stereocenters. The number of hydrogen-bond acceptors (Lipinski definition) is 0. The Kier molecular flexibility index (Phi) is 804000. The largest absolute Gasteiger partial charge is 0.412 e. The maximum absolute atomic E-state index is 0. The summed E-state index contributed by atoms with van der Waals surface area (Å²) in [5.41, 5.74) is 0. The van der Waals surface area contributed by atoms with Crippen molar-refractivity contribution in [2.45, 2.75) is 0 Å². The van der Waals surface area contributed by atoms with Crippen molar-refractivity contribution in [3.8, 4) is 0 Å². The van der Waals surface area contributed by atoms with Crippen LogP contribution in [-0.2, 0) is 20.4 Å². The molecule has 0 spiro atoms. The van der Waals surface area contributed by atoms with Crippen LogP contribution < -0.4 is 0 Å². The summed E-state index contributed by atoms with van der Waals surface area (Å²) in [6.07, 6.45) is 0. The van der Waals surface area contributed by atoms with Gasteiger partial charge < -0.3 is 38.3 Å². The van der Waals surface area contributed by atoms with E-state index in [1.165, 1.54) is 0 Å². The molecule has 0 saturated heterocycles. The molecule has 7 nitrogen and oxygen atoms in total. The van der Waals surface area contributed by atoms with Crippen LogP contribution in [0.1, 0.15) is 0 Å². The molecule has 63 valence electrons. The van der Waals surface area contributed by atoms with Crippen LogP contribution in [0.25, 0.3) is 0 Å². The van der Waals surface area contributed by atoms with E-state index in [2.05, 4.69) is 0 Å². The molecule has 0 aromatic carbocycles. The molecule has 0 unspecified atom stereocenters. The van der Waals surface area contributed by atoms with Crippen molar-refractivity contribution in [3.05, 3.63) is 0 Å². The van der Waals surface area contributed by atoms with Gasteiger partial charge in [0, 0.05) is 20.4 Å². The summed E-state index contributed by atoms with van der Waals surface area (Å²) in [6.45, 7) is 0. The maximum Gasteiger partial charge on any atom is 0 e. The van der Waals surface area contributed by atoms with Crippen molar-refractivity contribution >= 4 is 0 Å². The Hall–Kier alpha value is 0.382. The summed E-state index contributed by atoms with van der Waals surface area (Å²) in [4.78, 5) is 0. The van der Waals surface area contributed by atoms with E-state index in [4.69, 9.17) is 0 Å². The first-order valence-corrected chi connectivity index (χ1v) is 0. The zero-order valence-corrected chi connectivity index (χ0v) is 6.59. The van der Waals surface area contributed by atoms with E-state index in [1.807, 2.05) is 0 Å².